The Kier molecular flexibility index (Phi) is 8.18. The Morgan fingerprint density at radius 3 is 2.55 bits per heavy atom. The summed E-state index contributed by atoms with van der Waals surface area (Å²) in [6, 6.07) is 9.87. The van der Waals surface area contributed by atoms with Gasteiger partial charge in [0, 0.05) is 6.54 Å². The number of hydrogen-bond donors (Lipinski definition) is 1. The third kappa shape index (κ3) is 6.70. The molecule has 0 aliphatic rings. The molecule has 2 N–H and O–H groups in total. The highest BCUT2D eigenvalue weighted by atomic mass is 16.5. The topological polar surface area (TPSA) is 55.6 Å². The molecule has 1 aromatic rings. The molecule has 0 aliphatic heterocycles. The summed E-state index contributed by atoms with van der Waals surface area (Å²) in [5.41, 5.74) is 8.18. The van der Waals surface area contributed by atoms with Crippen LogP contribution >= 0.6 is 0 Å². The Morgan fingerprint density at radius 1 is 1.27 bits per heavy atom. The van der Waals surface area contributed by atoms with Gasteiger partial charge in [-0.05, 0) is 45.6 Å². The van der Waals surface area contributed by atoms with E-state index in [0.717, 1.165) is 11.1 Å². The molecule has 22 heavy (non-hydrogen) atoms. The van der Waals surface area contributed by atoms with Crippen LogP contribution in [0, 0.1) is 0 Å². The minimum atomic E-state index is -0.292. The Balaban J connectivity index is 2.83. The first-order chi connectivity index (χ1) is 10.5. The molecular weight excluding hydrogens is 276 g/mol. The average molecular weight is 302 g/mol. The van der Waals surface area contributed by atoms with Gasteiger partial charge in [-0.1, -0.05) is 42.0 Å². The fraction of sp³-hybridized carbons (Fsp3) is 0.389. The lowest BCUT2D eigenvalue weighted by Gasteiger charge is -2.12. The van der Waals surface area contributed by atoms with Crippen molar-refractivity contribution in [1.82, 2.24) is 4.90 Å². The second-order valence-corrected chi connectivity index (χ2v) is 5.42. The van der Waals surface area contributed by atoms with E-state index in [4.69, 9.17) is 10.5 Å². The minimum absolute atomic E-state index is 0.292. The second-order valence-electron chi connectivity index (χ2n) is 5.42. The van der Waals surface area contributed by atoms with Gasteiger partial charge in [0.1, 0.15) is 6.61 Å². The lowest BCUT2D eigenvalue weighted by Crippen LogP contribution is -2.21. The quantitative estimate of drug-likeness (QED) is 0.455. The van der Waals surface area contributed by atoms with E-state index in [-0.39, 0.29) is 5.97 Å². The van der Waals surface area contributed by atoms with E-state index in [2.05, 4.69) is 0 Å². The SMILES string of the molecule is CC(CCN)=C(C=Cc1ccccc1)C(=O)OCCN(C)C. The number of carbonyl (C=O) groups is 1. The molecule has 0 atom stereocenters. The highest BCUT2D eigenvalue weighted by Gasteiger charge is 2.11. The van der Waals surface area contributed by atoms with Gasteiger partial charge in [-0.3, -0.25) is 0 Å². The molecule has 0 bridgehead atoms. The molecule has 0 aromatic heterocycles. The van der Waals surface area contributed by atoms with Gasteiger partial charge >= 0.3 is 5.97 Å². The van der Waals surface area contributed by atoms with E-state index in [1.165, 1.54) is 0 Å². The monoisotopic (exact) mass is 302 g/mol. The molecule has 0 fully saturated rings. The average Bonchev–Trinajstić information content (AvgIpc) is 2.48. The van der Waals surface area contributed by atoms with Crippen LogP contribution in [0.2, 0.25) is 0 Å². The number of nitrogens with two attached hydrogens (primary N) is 1. The Bertz CT molecular complexity index is 519. The highest BCUT2D eigenvalue weighted by molar-refractivity contribution is 5.93. The standard InChI is InChI=1S/C18H26N2O2/c1-15(11-12-19)17(18(21)22-14-13-20(2)3)10-9-16-7-5-4-6-8-16/h4-10H,11-14,19H2,1-3H3. The van der Waals surface area contributed by atoms with Gasteiger partial charge in [0.05, 0.1) is 5.57 Å². The van der Waals surface area contributed by atoms with Gasteiger partial charge < -0.3 is 15.4 Å². The summed E-state index contributed by atoms with van der Waals surface area (Å²) in [4.78, 5) is 14.2. The number of rotatable bonds is 8. The summed E-state index contributed by atoms with van der Waals surface area (Å²) >= 11 is 0. The summed E-state index contributed by atoms with van der Waals surface area (Å²) in [7, 11) is 3.89. The largest absolute Gasteiger partial charge is 0.461 e. The third-order valence-corrected chi connectivity index (χ3v) is 3.21. The molecule has 1 rings (SSSR count). The molecule has 0 unspecified atom stereocenters. The number of hydrogen-bond acceptors (Lipinski definition) is 4. The molecule has 4 heteroatoms. The zero-order valence-electron chi connectivity index (χ0n) is 13.7. The zero-order chi connectivity index (χ0) is 16.4. The van der Waals surface area contributed by atoms with Crippen LogP contribution < -0.4 is 5.73 Å². The van der Waals surface area contributed by atoms with E-state index in [1.54, 1.807) is 0 Å². The van der Waals surface area contributed by atoms with Crippen molar-refractivity contribution < 1.29 is 9.53 Å². The summed E-state index contributed by atoms with van der Waals surface area (Å²) < 4.78 is 5.34. The molecule has 120 valence electrons. The molecule has 0 radical (unpaired) electrons. The predicted molar refractivity (Wildman–Crippen MR) is 91.4 cm³/mol. The number of ether oxygens (including phenoxy) is 1. The molecule has 4 nitrogen and oxygen atoms in total. The van der Waals surface area contributed by atoms with Crippen LogP contribution in [0.3, 0.4) is 0 Å². The van der Waals surface area contributed by atoms with E-state index in [9.17, 15) is 4.79 Å². The van der Waals surface area contributed by atoms with Gasteiger partial charge in [0.2, 0.25) is 0 Å². The van der Waals surface area contributed by atoms with Crippen molar-refractivity contribution in [1.29, 1.82) is 0 Å². The first kappa shape index (κ1) is 18.1. The minimum Gasteiger partial charge on any atom is -0.461 e. The van der Waals surface area contributed by atoms with Crippen LogP contribution in [-0.2, 0) is 9.53 Å². The predicted octanol–water partition coefficient (Wildman–Crippen LogP) is 2.47. The molecule has 0 saturated carbocycles. The lowest BCUT2D eigenvalue weighted by atomic mass is 10.0. The smallest absolute Gasteiger partial charge is 0.338 e. The van der Waals surface area contributed by atoms with Crippen molar-refractivity contribution in [2.75, 3.05) is 33.8 Å². The Morgan fingerprint density at radius 2 is 1.95 bits per heavy atom. The number of nitrogens with zero attached hydrogens (tertiary/aromatic N) is 1. The normalized spacial score (nSPS) is 12.6. The molecule has 0 spiro atoms. The van der Waals surface area contributed by atoms with Gasteiger partial charge in [0.15, 0.2) is 0 Å². The van der Waals surface area contributed by atoms with Crippen molar-refractivity contribution in [2.45, 2.75) is 13.3 Å². The maximum atomic E-state index is 12.3. The number of carbonyl (C=O) groups excluding carboxylic acids is 1. The fourth-order valence-corrected chi connectivity index (χ4v) is 1.88. The first-order valence-electron chi connectivity index (χ1n) is 7.49. The number of benzene rings is 1. The van der Waals surface area contributed by atoms with E-state index in [1.807, 2.05) is 68.4 Å². The second kappa shape index (κ2) is 9.92. The Hall–Kier alpha value is -1.91. The molecule has 1 aromatic carbocycles. The summed E-state index contributed by atoms with van der Waals surface area (Å²) in [5, 5.41) is 0. The van der Waals surface area contributed by atoms with Crippen molar-refractivity contribution in [3.63, 3.8) is 0 Å². The van der Waals surface area contributed by atoms with Gasteiger partial charge in [-0.2, -0.15) is 0 Å². The van der Waals surface area contributed by atoms with Gasteiger partial charge in [-0.25, -0.2) is 4.79 Å². The van der Waals surface area contributed by atoms with Gasteiger partial charge in [-0.15, -0.1) is 0 Å². The van der Waals surface area contributed by atoms with Crippen molar-refractivity contribution in [3.05, 3.63) is 53.1 Å². The van der Waals surface area contributed by atoms with Crippen molar-refractivity contribution in [3.8, 4) is 0 Å². The third-order valence-electron chi connectivity index (χ3n) is 3.21. The van der Waals surface area contributed by atoms with E-state index < -0.39 is 0 Å². The van der Waals surface area contributed by atoms with Crippen LogP contribution in [0.1, 0.15) is 18.9 Å². The van der Waals surface area contributed by atoms with Crippen molar-refractivity contribution >= 4 is 12.0 Å². The van der Waals surface area contributed by atoms with E-state index in [0.29, 0.717) is 31.7 Å². The first-order valence-corrected chi connectivity index (χ1v) is 7.49. The molecule has 0 saturated heterocycles. The lowest BCUT2D eigenvalue weighted by molar-refractivity contribution is -0.138. The van der Waals surface area contributed by atoms with E-state index >= 15 is 0 Å². The summed E-state index contributed by atoms with van der Waals surface area (Å²) in [6.45, 7) is 3.52. The summed E-state index contributed by atoms with van der Waals surface area (Å²) in [6.07, 6.45) is 4.41. The molecule has 0 aliphatic carbocycles. The maximum absolute atomic E-state index is 12.3. The van der Waals surface area contributed by atoms with Crippen LogP contribution in [0.4, 0.5) is 0 Å². The number of likely N-dealkylation sites (N-methyl/N-ethyl adjacent to an activating group) is 1. The van der Waals surface area contributed by atoms with Crippen LogP contribution in [-0.4, -0.2) is 44.7 Å². The fourth-order valence-electron chi connectivity index (χ4n) is 1.88. The molecule has 0 amide bonds. The van der Waals surface area contributed by atoms with Crippen molar-refractivity contribution in [2.24, 2.45) is 5.73 Å². The van der Waals surface area contributed by atoms with Crippen LogP contribution in [0.5, 0.6) is 0 Å². The maximum Gasteiger partial charge on any atom is 0.338 e. The van der Waals surface area contributed by atoms with Crippen LogP contribution in [0.25, 0.3) is 6.08 Å². The Labute approximate surface area is 133 Å². The van der Waals surface area contributed by atoms with Crippen LogP contribution in [0.15, 0.2) is 47.6 Å². The highest BCUT2D eigenvalue weighted by Crippen LogP contribution is 2.14. The summed E-state index contributed by atoms with van der Waals surface area (Å²) in [5.74, 6) is -0.292. The molecular formula is C18H26N2O2. The number of esters is 1. The van der Waals surface area contributed by atoms with Gasteiger partial charge in [0.25, 0.3) is 0 Å². The zero-order valence-corrected chi connectivity index (χ0v) is 13.7. The molecule has 0 heterocycles.